The van der Waals surface area contributed by atoms with Gasteiger partial charge in [0.25, 0.3) is 0 Å². The smallest absolute Gasteiger partial charge is 0.0911 e. The Hall–Kier alpha value is -0.530. The van der Waals surface area contributed by atoms with E-state index >= 15 is 0 Å². The van der Waals surface area contributed by atoms with E-state index in [1.54, 1.807) is 11.1 Å². The average molecular weight is 264 g/mol. The molecule has 98 valence electrons. The summed E-state index contributed by atoms with van der Waals surface area (Å²) in [4.78, 5) is 1.85. The molecule has 0 amide bonds. The molecular weight excluding hydrogens is 242 g/mol. The van der Waals surface area contributed by atoms with Crippen LogP contribution in [-0.4, -0.2) is 19.1 Å². The molecule has 3 aliphatic rings. The van der Waals surface area contributed by atoms with Crippen LogP contribution in [0.5, 0.6) is 0 Å². The number of nitrogens with one attached hydrogen (secondary N) is 1. The third-order valence-electron chi connectivity index (χ3n) is 5.82. The maximum absolute atomic E-state index is 2.44. The van der Waals surface area contributed by atoms with Gasteiger partial charge < -0.3 is 17.3 Å². The highest BCUT2D eigenvalue weighted by molar-refractivity contribution is 5.31. The van der Waals surface area contributed by atoms with E-state index in [-0.39, 0.29) is 12.4 Å². The Labute approximate surface area is 116 Å². The number of hydrogen-bond acceptors (Lipinski definition) is 0. The van der Waals surface area contributed by atoms with Gasteiger partial charge in [0.15, 0.2) is 0 Å². The minimum Gasteiger partial charge on any atom is -1.00 e. The van der Waals surface area contributed by atoms with Crippen molar-refractivity contribution in [3.8, 4) is 0 Å². The minimum absolute atomic E-state index is 0. The number of benzene rings is 1. The van der Waals surface area contributed by atoms with E-state index in [9.17, 15) is 0 Å². The molecule has 1 aromatic carbocycles. The van der Waals surface area contributed by atoms with E-state index in [1.807, 2.05) is 4.90 Å². The average Bonchev–Trinajstić information content (AvgIpc) is 2.60. The number of halogens is 1. The Kier molecular flexibility index (Phi) is 3.15. The molecule has 2 bridgehead atoms. The van der Waals surface area contributed by atoms with Crippen LogP contribution in [0.1, 0.15) is 30.4 Å². The summed E-state index contributed by atoms with van der Waals surface area (Å²) in [5.41, 5.74) is 3.29. The van der Waals surface area contributed by atoms with Gasteiger partial charge in [-0.05, 0) is 29.9 Å². The van der Waals surface area contributed by atoms with Crippen molar-refractivity contribution in [2.45, 2.75) is 44.2 Å². The predicted octanol–water partition coefficient (Wildman–Crippen LogP) is -1.53. The van der Waals surface area contributed by atoms with Gasteiger partial charge in [0.05, 0.1) is 19.1 Å². The predicted molar refractivity (Wildman–Crippen MR) is 69.1 cm³/mol. The topological polar surface area (TPSA) is 4.44 Å². The van der Waals surface area contributed by atoms with Gasteiger partial charge in [-0.25, -0.2) is 0 Å². The van der Waals surface area contributed by atoms with Crippen molar-refractivity contribution < 1.29 is 17.3 Å². The summed E-state index contributed by atoms with van der Waals surface area (Å²) in [6.45, 7) is 0. The zero-order valence-corrected chi connectivity index (χ0v) is 11.8. The van der Waals surface area contributed by atoms with Crippen LogP contribution in [0.4, 0.5) is 0 Å². The second-order valence-electron chi connectivity index (χ2n) is 6.46. The molecule has 18 heavy (non-hydrogen) atoms. The molecule has 0 radical (unpaired) electrons. The first-order valence-corrected chi connectivity index (χ1v) is 7.23. The van der Waals surface area contributed by atoms with E-state index in [0.29, 0.717) is 0 Å². The van der Waals surface area contributed by atoms with Gasteiger partial charge in [-0.3, -0.25) is 0 Å². The van der Waals surface area contributed by atoms with Crippen molar-refractivity contribution in [1.29, 1.82) is 0 Å². The van der Waals surface area contributed by atoms with E-state index in [1.165, 1.54) is 32.1 Å². The molecule has 5 atom stereocenters. The van der Waals surface area contributed by atoms with Gasteiger partial charge in [-0.1, -0.05) is 24.3 Å². The lowest BCUT2D eigenvalue weighted by atomic mass is 9.69. The lowest BCUT2D eigenvalue weighted by Gasteiger charge is -2.43. The van der Waals surface area contributed by atoms with Crippen molar-refractivity contribution in [1.82, 2.24) is 0 Å². The number of quaternary nitrogens is 1. The highest BCUT2D eigenvalue weighted by atomic mass is 35.5. The molecule has 0 aromatic heterocycles. The van der Waals surface area contributed by atoms with E-state index in [0.717, 1.165) is 23.9 Å². The van der Waals surface area contributed by atoms with Crippen molar-refractivity contribution in [2.24, 2.45) is 11.8 Å². The molecule has 2 heterocycles. The fraction of sp³-hybridized carbons (Fsp3) is 0.625. The second-order valence-corrected chi connectivity index (χ2v) is 6.46. The molecule has 5 unspecified atom stereocenters. The van der Waals surface area contributed by atoms with Crippen molar-refractivity contribution in [2.75, 3.05) is 7.05 Å². The van der Waals surface area contributed by atoms with Crippen LogP contribution >= 0.6 is 0 Å². The van der Waals surface area contributed by atoms with Crippen LogP contribution in [0.15, 0.2) is 24.3 Å². The third-order valence-corrected chi connectivity index (χ3v) is 5.82. The largest absolute Gasteiger partial charge is 1.00 e. The lowest BCUT2D eigenvalue weighted by molar-refractivity contribution is -0.928. The molecule has 2 aliphatic heterocycles. The van der Waals surface area contributed by atoms with Crippen LogP contribution in [0.25, 0.3) is 0 Å². The molecule has 1 aliphatic carbocycles. The Morgan fingerprint density at radius 1 is 1.06 bits per heavy atom. The van der Waals surface area contributed by atoms with Gasteiger partial charge in [-0.2, -0.15) is 0 Å². The SMILES string of the molecule is C[NH+]1C2CCC1C1Cc3ccccc3CC1C2.[Cl-]. The molecule has 2 heteroatoms. The molecule has 2 saturated heterocycles. The maximum Gasteiger partial charge on any atom is 0.0911 e. The molecule has 1 N–H and O–H groups in total. The van der Waals surface area contributed by atoms with E-state index in [2.05, 4.69) is 31.3 Å². The summed E-state index contributed by atoms with van der Waals surface area (Å²) in [5, 5.41) is 0. The Bertz CT molecular complexity index is 444. The zero-order valence-electron chi connectivity index (χ0n) is 11.0. The summed E-state index contributed by atoms with van der Waals surface area (Å²) in [7, 11) is 2.44. The fourth-order valence-corrected chi connectivity index (χ4v) is 4.90. The summed E-state index contributed by atoms with van der Waals surface area (Å²) < 4.78 is 0. The van der Waals surface area contributed by atoms with E-state index < -0.39 is 0 Å². The molecule has 1 aromatic rings. The molecule has 0 saturated carbocycles. The Morgan fingerprint density at radius 3 is 2.56 bits per heavy atom. The lowest BCUT2D eigenvalue weighted by Crippen LogP contribution is -3.16. The number of hydrogen-bond donors (Lipinski definition) is 1. The zero-order chi connectivity index (χ0) is 11.4. The van der Waals surface area contributed by atoms with Crippen molar-refractivity contribution >= 4 is 0 Å². The Balaban J connectivity index is 0.000001000. The summed E-state index contributed by atoms with van der Waals surface area (Å²) in [5.74, 6) is 1.97. The highest BCUT2D eigenvalue weighted by Crippen LogP contribution is 2.40. The first-order chi connectivity index (χ1) is 8.33. The first-order valence-electron chi connectivity index (χ1n) is 7.23. The van der Waals surface area contributed by atoms with Crippen LogP contribution in [0.2, 0.25) is 0 Å². The minimum atomic E-state index is 0. The van der Waals surface area contributed by atoms with Gasteiger partial charge in [0.2, 0.25) is 0 Å². The molecule has 1 nitrogen and oxygen atoms in total. The monoisotopic (exact) mass is 263 g/mol. The van der Waals surface area contributed by atoms with Crippen molar-refractivity contribution in [3.63, 3.8) is 0 Å². The number of rotatable bonds is 0. The van der Waals surface area contributed by atoms with E-state index in [4.69, 9.17) is 0 Å². The van der Waals surface area contributed by atoms with Gasteiger partial charge in [0, 0.05) is 25.2 Å². The highest BCUT2D eigenvalue weighted by Gasteiger charge is 2.50. The first kappa shape index (κ1) is 12.5. The van der Waals surface area contributed by atoms with Crippen LogP contribution in [0.3, 0.4) is 0 Å². The number of fused-ring (bicyclic) bond motifs is 5. The summed E-state index contributed by atoms with van der Waals surface area (Å²) in [6.07, 6.45) is 7.18. The van der Waals surface area contributed by atoms with Crippen molar-refractivity contribution in [3.05, 3.63) is 35.4 Å². The standard InChI is InChI=1S/C16H21N.ClH/c1-17-14-6-7-16(17)15-10-12-5-3-2-4-11(12)8-13(15)9-14;/h2-5,13-16H,6-10H2,1H3;1H. The van der Waals surface area contributed by atoms with Crippen LogP contribution in [0, 0.1) is 11.8 Å². The summed E-state index contributed by atoms with van der Waals surface area (Å²) in [6, 6.07) is 11.1. The fourth-order valence-electron chi connectivity index (χ4n) is 4.90. The third kappa shape index (κ3) is 1.71. The molecular formula is C16H22ClN. The number of piperidine rings is 1. The Morgan fingerprint density at radius 2 is 1.78 bits per heavy atom. The van der Waals surface area contributed by atoms with Gasteiger partial charge in [-0.15, -0.1) is 0 Å². The van der Waals surface area contributed by atoms with Gasteiger partial charge in [0.1, 0.15) is 0 Å². The molecule has 4 rings (SSSR count). The van der Waals surface area contributed by atoms with Gasteiger partial charge >= 0.3 is 0 Å². The molecule has 2 fully saturated rings. The maximum atomic E-state index is 2.44. The summed E-state index contributed by atoms with van der Waals surface area (Å²) >= 11 is 0. The normalized spacial score (nSPS) is 40.6. The van der Waals surface area contributed by atoms with Crippen LogP contribution < -0.4 is 17.3 Å². The quantitative estimate of drug-likeness (QED) is 0.580. The second kappa shape index (κ2) is 4.54. The molecule has 0 spiro atoms. The van der Waals surface area contributed by atoms with Crippen LogP contribution in [-0.2, 0) is 12.8 Å².